The van der Waals surface area contributed by atoms with E-state index in [4.69, 9.17) is 0 Å². The smallest absolute Gasteiger partial charge is 0.00254 e. The molecule has 0 saturated heterocycles. The van der Waals surface area contributed by atoms with Gasteiger partial charge in [-0.2, -0.15) is 0 Å². The highest BCUT2D eigenvalue weighted by Crippen LogP contribution is 2.28. The normalized spacial score (nSPS) is 12.5. The molecule has 0 nitrogen and oxygen atoms in total. The van der Waals surface area contributed by atoms with E-state index in [1.165, 1.54) is 33.4 Å². The molecule has 25 heavy (non-hydrogen) atoms. The molecule has 0 heterocycles. The minimum absolute atomic E-state index is 0.196. The fraction of sp³-hybridized carbons (Fsp3) is 0.520. The van der Waals surface area contributed by atoms with Crippen molar-refractivity contribution in [1.29, 1.82) is 0 Å². The van der Waals surface area contributed by atoms with Crippen molar-refractivity contribution in [1.82, 2.24) is 0 Å². The first-order valence-electron chi connectivity index (χ1n) is 9.79. The third-order valence-electron chi connectivity index (χ3n) is 5.06. The van der Waals surface area contributed by atoms with Gasteiger partial charge in [-0.25, -0.2) is 0 Å². The molecule has 0 N–H and O–H groups in total. The Hall–Kier alpha value is -1.56. The molecule has 0 radical (unpaired) electrons. The lowest BCUT2D eigenvalue weighted by Crippen LogP contribution is -2.13. The Labute approximate surface area is 155 Å². The summed E-state index contributed by atoms with van der Waals surface area (Å²) in [6, 6.07) is 14.4. The molecule has 0 unspecified atom stereocenters. The first-order valence-corrected chi connectivity index (χ1v) is 9.79. The molecule has 0 spiro atoms. The monoisotopic (exact) mass is 336 g/mol. The maximum Gasteiger partial charge on any atom is -0.00254 e. The highest BCUT2D eigenvalue weighted by Gasteiger charge is 2.17. The molecular weight excluding hydrogens is 300 g/mol. The lowest BCUT2D eigenvalue weighted by atomic mass is 9.82. The van der Waals surface area contributed by atoms with Crippen LogP contribution < -0.4 is 0 Å². The van der Waals surface area contributed by atoms with Crippen LogP contribution in [-0.4, -0.2) is 0 Å². The van der Waals surface area contributed by atoms with Crippen molar-refractivity contribution in [3.63, 3.8) is 0 Å². The summed E-state index contributed by atoms with van der Waals surface area (Å²) in [4.78, 5) is 0. The predicted molar refractivity (Wildman–Crippen MR) is 112 cm³/mol. The molecule has 2 rings (SSSR count). The summed E-state index contributed by atoms with van der Waals surface area (Å²) in [5.41, 5.74) is 9.07. The molecule has 136 valence electrons. The van der Waals surface area contributed by atoms with Crippen molar-refractivity contribution >= 4 is 0 Å². The molecule has 0 bridgehead atoms. The molecule has 0 aliphatic carbocycles. The van der Waals surface area contributed by atoms with Gasteiger partial charge >= 0.3 is 0 Å². The number of rotatable bonds is 4. The summed E-state index contributed by atoms with van der Waals surface area (Å²) < 4.78 is 0. The fourth-order valence-corrected chi connectivity index (χ4v) is 3.24. The zero-order valence-electron chi connectivity index (χ0n) is 17.6. The van der Waals surface area contributed by atoms with Crippen molar-refractivity contribution in [3.05, 3.63) is 69.8 Å². The van der Waals surface area contributed by atoms with E-state index < -0.39 is 0 Å². The van der Waals surface area contributed by atoms with Gasteiger partial charge in [0.25, 0.3) is 0 Å². The molecule has 0 saturated carbocycles. The highest BCUT2D eigenvalue weighted by atomic mass is 14.2. The van der Waals surface area contributed by atoms with Crippen LogP contribution in [0.1, 0.15) is 88.8 Å². The van der Waals surface area contributed by atoms with Crippen molar-refractivity contribution in [2.45, 2.75) is 85.5 Å². The van der Waals surface area contributed by atoms with Gasteiger partial charge in [-0.15, -0.1) is 0 Å². The Morgan fingerprint density at radius 1 is 0.520 bits per heavy atom. The van der Waals surface area contributed by atoms with Crippen LogP contribution in [0.15, 0.2) is 36.4 Å². The number of benzene rings is 2. The molecular formula is C25H36. The summed E-state index contributed by atoms with van der Waals surface area (Å²) in [6.07, 6.45) is 3.21. The second-order valence-corrected chi connectivity index (χ2v) is 9.46. The molecule has 0 fully saturated rings. The van der Waals surface area contributed by atoms with Crippen LogP contribution in [0, 0.1) is 0 Å². The van der Waals surface area contributed by atoms with Crippen LogP contribution >= 0.6 is 0 Å². The highest BCUT2D eigenvalue weighted by molar-refractivity contribution is 5.40. The van der Waals surface area contributed by atoms with Crippen LogP contribution in [0.25, 0.3) is 0 Å². The Morgan fingerprint density at radius 3 is 1.12 bits per heavy atom. The minimum Gasteiger partial charge on any atom is -0.0613 e. The maximum absolute atomic E-state index is 2.41. The van der Waals surface area contributed by atoms with Gasteiger partial charge in [-0.05, 0) is 63.5 Å². The minimum atomic E-state index is 0.196. The van der Waals surface area contributed by atoms with Gasteiger partial charge in [0.05, 0.1) is 0 Å². The zero-order chi connectivity index (χ0) is 18.8. The SMILES string of the molecule is CCc1cc(Cc2cc(CC)cc(C(C)(C)C)c2)cc(C(C)(C)C)c1. The molecule has 0 aliphatic rings. The number of hydrogen-bond donors (Lipinski definition) is 0. The zero-order valence-corrected chi connectivity index (χ0v) is 17.6. The topological polar surface area (TPSA) is 0 Å². The molecule has 2 aromatic rings. The summed E-state index contributed by atoms with van der Waals surface area (Å²) in [5, 5.41) is 0. The van der Waals surface area contributed by atoms with Gasteiger partial charge in [0.2, 0.25) is 0 Å². The Bertz CT molecular complexity index is 657. The quantitative estimate of drug-likeness (QED) is 0.564. The maximum atomic E-state index is 2.41. The second-order valence-electron chi connectivity index (χ2n) is 9.46. The summed E-state index contributed by atoms with van der Waals surface area (Å²) in [6.45, 7) is 18.3. The summed E-state index contributed by atoms with van der Waals surface area (Å²) >= 11 is 0. The Balaban J connectivity index is 2.45. The van der Waals surface area contributed by atoms with Crippen molar-refractivity contribution in [2.75, 3.05) is 0 Å². The largest absolute Gasteiger partial charge is 0.0613 e. The molecule has 0 aromatic heterocycles. The van der Waals surface area contributed by atoms with Gasteiger partial charge < -0.3 is 0 Å². The van der Waals surface area contributed by atoms with Crippen LogP contribution in [0.4, 0.5) is 0 Å². The summed E-state index contributed by atoms with van der Waals surface area (Å²) in [7, 11) is 0. The second kappa shape index (κ2) is 7.36. The van der Waals surface area contributed by atoms with Crippen LogP contribution in [0.5, 0.6) is 0 Å². The van der Waals surface area contributed by atoms with Gasteiger partial charge in [0.1, 0.15) is 0 Å². The third kappa shape index (κ3) is 5.21. The van der Waals surface area contributed by atoms with Crippen LogP contribution in [0.2, 0.25) is 0 Å². The van der Waals surface area contributed by atoms with E-state index in [-0.39, 0.29) is 10.8 Å². The van der Waals surface area contributed by atoms with Gasteiger partial charge in [0.15, 0.2) is 0 Å². The van der Waals surface area contributed by atoms with Crippen LogP contribution in [-0.2, 0) is 30.1 Å². The average Bonchev–Trinajstić information content (AvgIpc) is 2.52. The lowest BCUT2D eigenvalue weighted by molar-refractivity contribution is 0.587. The van der Waals surface area contributed by atoms with Crippen LogP contribution in [0.3, 0.4) is 0 Å². The summed E-state index contributed by atoms with van der Waals surface area (Å²) in [5.74, 6) is 0. The first-order chi connectivity index (χ1) is 11.5. The fourth-order valence-electron chi connectivity index (χ4n) is 3.24. The molecule has 0 aliphatic heterocycles. The predicted octanol–water partition coefficient (Wildman–Crippen LogP) is 7.00. The molecule has 2 aromatic carbocycles. The van der Waals surface area contributed by atoms with Crippen molar-refractivity contribution in [2.24, 2.45) is 0 Å². The van der Waals surface area contributed by atoms with Gasteiger partial charge in [-0.3, -0.25) is 0 Å². The van der Waals surface area contributed by atoms with E-state index in [1.807, 2.05) is 0 Å². The van der Waals surface area contributed by atoms with E-state index in [0.29, 0.717) is 0 Å². The van der Waals surface area contributed by atoms with Gasteiger partial charge in [0, 0.05) is 0 Å². The average molecular weight is 337 g/mol. The van der Waals surface area contributed by atoms with E-state index in [9.17, 15) is 0 Å². The third-order valence-corrected chi connectivity index (χ3v) is 5.06. The number of aryl methyl sites for hydroxylation is 2. The van der Waals surface area contributed by atoms with E-state index >= 15 is 0 Å². The van der Waals surface area contributed by atoms with Crippen molar-refractivity contribution < 1.29 is 0 Å². The number of hydrogen-bond acceptors (Lipinski definition) is 0. The standard InChI is InChI=1S/C25H36/c1-9-18-11-20(16-22(14-18)24(3,4)5)13-21-12-19(10-2)15-23(17-21)25(6,7)8/h11-12,14-17H,9-10,13H2,1-8H3. The van der Waals surface area contributed by atoms with E-state index in [0.717, 1.165) is 19.3 Å². The molecule has 0 atom stereocenters. The van der Waals surface area contributed by atoms with Crippen molar-refractivity contribution in [3.8, 4) is 0 Å². The van der Waals surface area contributed by atoms with E-state index in [2.05, 4.69) is 91.8 Å². The van der Waals surface area contributed by atoms with E-state index in [1.54, 1.807) is 0 Å². The Morgan fingerprint density at radius 2 is 0.840 bits per heavy atom. The lowest BCUT2D eigenvalue weighted by Gasteiger charge is -2.23. The Kier molecular flexibility index (Phi) is 5.82. The molecule has 0 amide bonds. The van der Waals surface area contributed by atoms with Gasteiger partial charge in [-0.1, -0.05) is 91.8 Å². The molecule has 0 heteroatoms. The first kappa shape index (κ1) is 19.8.